The number of amides is 1. The van der Waals surface area contributed by atoms with Crippen LogP contribution >= 0.6 is 0 Å². The van der Waals surface area contributed by atoms with E-state index in [1.807, 2.05) is 6.92 Å². The quantitative estimate of drug-likeness (QED) is 0.892. The maximum Gasteiger partial charge on any atom is 0.409 e. The molecule has 1 atom stereocenters. The van der Waals surface area contributed by atoms with E-state index >= 15 is 0 Å². The van der Waals surface area contributed by atoms with Gasteiger partial charge >= 0.3 is 6.09 Å². The van der Waals surface area contributed by atoms with Gasteiger partial charge in [-0.15, -0.1) is 5.10 Å². The molecule has 2 aliphatic rings. The molecule has 1 unspecified atom stereocenters. The van der Waals surface area contributed by atoms with Crippen molar-refractivity contribution in [2.24, 2.45) is 5.92 Å². The number of likely N-dealkylation sites (tertiary alicyclic amines) is 1. The van der Waals surface area contributed by atoms with E-state index in [0.717, 1.165) is 31.7 Å². The lowest BCUT2D eigenvalue weighted by Crippen LogP contribution is -2.42. The minimum absolute atomic E-state index is 0.217. The molecule has 3 rings (SSSR count). The van der Waals surface area contributed by atoms with Crippen molar-refractivity contribution in [2.75, 3.05) is 43.0 Å². The van der Waals surface area contributed by atoms with E-state index in [1.54, 1.807) is 11.1 Å². The summed E-state index contributed by atoms with van der Waals surface area (Å²) in [5.74, 6) is 2.14. The Kier molecular flexibility index (Phi) is 5.88. The fourth-order valence-electron chi connectivity index (χ4n) is 3.50. The van der Waals surface area contributed by atoms with Crippen molar-refractivity contribution >= 4 is 17.9 Å². The average molecular weight is 348 g/mol. The smallest absolute Gasteiger partial charge is 0.409 e. The SMILES string of the molecule is CCOC(=O)N1CCC(Nc2cnnc(N3CCCC(C)C3)n2)CC1. The first-order valence-electron chi connectivity index (χ1n) is 9.28. The van der Waals surface area contributed by atoms with Crippen LogP contribution in [-0.2, 0) is 4.74 Å². The Bertz CT molecular complexity index is 576. The van der Waals surface area contributed by atoms with Crippen molar-refractivity contribution in [3.63, 3.8) is 0 Å². The Balaban J connectivity index is 1.54. The topological polar surface area (TPSA) is 83.5 Å². The van der Waals surface area contributed by atoms with E-state index in [1.165, 1.54) is 12.8 Å². The van der Waals surface area contributed by atoms with E-state index in [4.69, 9.17) is 4.74 Å². The van der Waals surface area contributed by atoms with Crippen LogP contribution in [0.3, 0.4) is 0 Å². The number of hydrogen-bond donors (Lipinski definition) is 1. The van der Waals surface area contributed by atoms with E-state index in [2.05, 4.69) is 32.3 Å². The second-order valence-electron chi connectivity index (χ2n) is 6.94. The molecule has 1 amide bonds. The second kappa shape index (κ2) is 8.31. The molecule has 2 fully saturated rings. The molecule has 0 aliphatic carbocycles. The molecule has 0 spiro atoms. The summed E-state index contributed by atoms with van der Waals surface area (Å²) in [5.41, 5.74) is 0. The highest BCUT2D eigenvalue weighted by molar-refractivity contribution is 5.67. The molecule has 0 saturated carbocycles. The summed E-state index contributed by atoms with van der Waals surface area (Å²) in [6.07, 6.45) is 5.65. The van der Waals surface area contributed by atoms with Gasteiger partial charge in [-0.1, -0.05) is 6.92 Å². The number of ether oxygens (including phenoxy) is 1. The standard InChI is InChI=1S/C17H28N6O2/c1-3-25-17(24)22-9-6-14(7-10-22)19-15-11-18-21-16(20-15)23-8-4-5-13(2)12-23/h11,13-14H,3-10,12H2,1-2H3,(H,19,20,21). The molecule has 1 N–H and O–H groups in total. The summed E-state index contributed by atoms with van der Waals surface area (Å²) in [6, 6.07) is 0.288. The number of carbonyl (C=O) groups excluding carboxylic acids is 1. The van der Waals surface area contributed by atoms with Crippen LogP contribution in [0.2, 0.25) is 0 Å². The number of rotatable bonds is 4. The third kappa shape index (κ3) is 4.70. The van der Waals surface area contributed by atoms with Crippen LogP contribution in [0.1, 0.15) is 39.5 Å². The molecule has 1 aromatic heterocycles. The fraction of sp³-hybridized carbons (Fsp3) is 0.765. The van der Waals surface area contributed by atoms with E-state index in [-0.39, 0.29) is 12.1 Å². The van der Waals surface area contributed by atoms with Crippen LogP contribution in [0.5, 0.6) is 0 Å². The van der Waals surface area contributed by atoms with Gasteiger partial charge in [0.25, 0.3) is 0 Å². The second-order valence-corrected chi connectivity index (χ2v) is 6.94. The molecule has 2 saturated heterocycles. The third-order valence-corrected chi connectivity index (χ3v) is 4.86. The molecule has 8 heteroatoms. The minimum Gasteiger partial charge on any atom is -0.450 e. The van der Waals surface area contributed by atoms with Crippen molar-refractivity contribution in [1.82, 2.24) is 20.1 Å². The number of anilines is 2. The predicted octanol–water partition coefficient (Wildman–Crippen LogP) is 2.14. The van der Waals surface area contributed by atoms with Gasteiger partial charge in [0, 0.05) is 32.2 Å². The first kappa shape index (κ1) is 17.7. The molecule has 0 radical (unpaired) electrons. The lowest BCUT2D eigenvalue weighted by molar-refractivity contribution is 0.0983. The van der Waals surface area contributed by atoms with Gasteiger partial charge in [-0.05, 0) is 38.5 Å². The van der Waals surface area contributed by atoms with Crippen LogP contribution in [0, 0.1) is 5.92 Å². The van der Waals surface area contributed by atoms with Gasteiger partial charge in [0.15, 0.2) is 5.82 Å². The molecule has 8 nitrogen and oxygen atoms in total. The Morgan fingerprint density at radius 1 is 1.32 bits per heavy atom. The number of aromatic nitrogens is 3. The number of nitrogens with zero attached hydrogens (tertiary/aromatic N) is 5. The maximum atomic E-state index is 11.8. The van der Waals surface area contributed by atoms with Crippen LogP contribution in [0.4, 0.5) is 16.6 Å². The lowest BCUT2D eigenvalue weighted by atomic mass is 10.0. The number of nitrogens with one attached hydrogen (secondary N) is 1. The molecule has 25 heavy (non-hydrogen) atoms. The van der Waals surface area contributed by atoms with E-state index in [0.29, 0.717) is 31.6 Å². The number of hydrogen-bond acceptors (Lipinski definition) is 7. The normalized spacial score (nSPS) is 21.9. The minimum atomic E-state index is -0.217. The lowest BCUT2D eigenvalue weighted by Gasteiger charge is -2.32. The van der Waals surface area contributed by atoms with Crippen molar-refractivity contribution in [2.45, 2.75) is 45.6 Å². The summed E-state index contributed by atoms with van der Waals surface area (Å²) in [6.45, 7) is 7.89. The Hall–Kier alpha value is -2.12. The zero-order valence-electron chi connectivity index (χ0n) is 15.1. The van der Waals surface area contributed by atoms with Crippen LogP contribution < -0.4 is 10.2 Å². The zero-order chi connectivity index (χ0) is 17.6. The highest BCUT2D eigenvalue weighted by Crippen LogP contribution is 2.21. The van der Waals surface area contributed by atoms with Crippen molar-refractivity contribution in [1.29, 1.82) is 0 Å². The summed E-state index contributed by atoms with van der Waals surface area (Å²) in [4.78, 5) is 20.4. The van der Waals surface area contributed by atoms with Gasteiger partial charge in [0.05, 0.1) is 12.8 Å². The highest BCUT2D eigenvalue weighted by atomic mass is 16.6. The monoisotopic (exact) mass is 348 g/mol. The Morgan fingerprint density at radius 2 is 2.12 bits per heavy atom. The van der Waals surface area contributed by atoms with Crippen LogP contribution in [0.25, 0.3) is 0 Å². The highest BCUT2D eigenvalue weighted by Gasteiger charge is 2.24. The Morgan fingerprint density at radius 3 is 2.84 bits per heavy atom. The molecule has 1 aromatic rings. The third-order valence-electron chi connectivity index (χ3n) is 4.86. The van der Waals surface area contributed by atoms with Crippen LogP contribution in [0.15, 0.2) is 6.20 Å². The molecule has 2 aliphatic heterocycles. The number of piperidine rings is 2. The first-order chi connectivity index (χ1) is 12.2. The molecule has 3 heterocycles. The van der Waals surface area contributed by atoms with Gasteiger partial charge in [-0.3, -0.25) is 0 Å². The van der Waals surface area contributed by atoms with Gasteiger partial charge < -0.3 is 19.9 Å². The predicted molar refractivity (Wildman–Crippen MR) is 95.7 cm³/mol. The molecule has 0 aromatic carbocycles. The summed E-state index contributed by atoms with van der Waals surface area (Å²) in [7, 11) is 0. The van der Waals surface area contributed by atoms with Gasteiger partial charge in [-0.25, -0.2) is 4.79 Å². The number of carbonyl (C=O) groups is 1. The summed E-state index contributed by atoms with van der Waals surface area (Å²) < 4.78 is 5.06. The van der Waals surface area contributed by atoms with Crippen molar-refractivity contribution in [3.8, 4) is 0 Å². The average Bonchev–Trinajstić information content (AvgIpc) is 2.63. The largest absolute Gasteiger partial charge is 0.450 e. The molecular formula is C17H28N6O2. The van der Waals surface area contributed by atoms with E-state index < -0.39 is 0 Å². The van der Waals surface area contributed by atoms with Crippen molar-refractivity contribution in [3.05, 3.63) is 6.20 Å². The van der Waals surface area contributed by atoms with Gasteiger partial charge in [-0.2, -0.15) is 10.1 Å². The fourth-order valence-corrected chi connectivity index (χ4v) is 3.50. The maximum absolute atomic E-state index is 11.8. The molecule has 138 valence electrons. The van der Waals surface area contributed by atoms with Gasteiger partial charge in [0.1, 0.15) is 0 Å². The van der Waals surface area contributed by atoms with Crippen molar-refractivity contribution < 1.29 is 9.53 Å². The Labute approximate surface area is 149 Å². The van der Waals surface area contributed by atoms with E-state index in [9.17, 15) is 4.79 Å². The van der Waals surface area contributed by atoms with Gasteiger partial charge in [0.2, 0.25) is 5.95 Å². The summed E-state index contributed by atoms with van der Waals surface area (Å²) in [5, 5.41) is 11.8. The first-order valence-corrected chi connectivity index (χ1v) is 9.28. The summed E-state index contributed by atoms with van der Waals surface area (Å²) >= 11 is 0. The van der Waals surface area contributed by atoms with Crippen LogP contribution in [-0.4, -0.2) is 65.0 Å². The molecular weight excluding hydrogens is 320 g/mol. The zero-order valence-corrected chi connectivity index (χ0v) is 15.1. The molecule has 0 bridgehead atoms.